The normalized spacial score (nSPS) is 15.7. The molecule has 3 aromatic rings. The predicted molar refractivity (Wildman–Crippen MR) is 125 cm³/mol. The number of hydrogen-bond donors (Lipinski definition) is 0. The van der Waals surface area contributed by atoms with E-state index < -0.39 is 17.6 Å². The van der Waals surface area contributed by atoms with Gasteiger partial charge in [-0.1, -0.05) is 53.5 Å². The molecule has 0 unspecified atom stereocenters. The van der Waals surface area contributed by atoms with Gasteiger partial charge in [0.15, 0.2) is 5.11 Å². The van der Waals surface area contributed by atoms with Gasteiger partial charge in [-0.25, -0.2) is 4.39 Å². The van der Waals surface area contributed by atoms with E-state index in [9.17, 15) is 14.0 Å². The van der Waals surface area contributed by atoms with E-state index in [1.807, 2.05) is 0 Å². The third-order valence-corrected chi connectivity index (χ3v) is 5.48. The minimum atomic E-state index is -0.671. The molecular weight excluding hydrogens is 458 g/mol. The fourth-order valence-electron chi connectivity index (χ4n) is 3.17. The zero-order valence-electron chi connectivity index (χ0n) is 15.8. The molecule has 0 bridgehead atoms. The summed E-state index contributed by atoms with van der Waals surface area (Å²) in [6.07, 6.45) is 1.34. The lowest BCUT2D eigenvalue weighted by Gasteiger charge is -2.36. The Balaban J connectivity index is 1.90. The molecule has 4 rings (SSSR count). The molecule has 0 spiro atoms. The molecule has 1 saturated heterocycles. The molecule has 31 heavy (non-hydrogen) atoms. The first-order valence-corrected chi connectivity index (χ1v) is 10.2. The van der Waals surface area contributed by atoms with Crippen LogP contribution in [0.2, 0.25) is 10.0 Å². The molecule has 1 heterocycles. The number of carbonyl (C=O) groups is 2. The molecule has 0 aromatic heterocycles. The zero-order valence-corrected chi connectivity index (χ0v) is 18.1. The number of benzene rings is 3. The van der Waals surface area contributed by atoms with Crippen molar-refractivity contribution < 1.29 is 14.0 Å². The zero-order chi connectivity index (χ0) is 22.1. The summed E-state index contributed by atoms with van der Waals surface area (Å²) in [4.78, 5) is 29.1. The van der Waals surface area contributed by atoms with Gasteiger partial charge in [-0.2, -0.15) is 0 Å². The summed E-state index contributed by atoms with van der Waals surface area (Å²) in [7, 11) is 0. The fourth-order valence-corrected chi connectivity index (χ4v) is 4.04. The number of thiocarbonyl (C=S) groups is 1. The minimum absolute atomic E-state index is 0.0539. The Labute approximate surface area is 193 Å². The van der Waals surface area contributed by atoms with E-state index in [2.05, 4.69) is 0 Å². The molecule has 4 nitrogen and oxygen atoms in total. The van der Waals surface area contributed by atoms with Crippen molar-refractivity contribution >= 4 is 69.8 Å². The van der Waals surface area contributed by atoms with E-state index in [0.29, 0.717) is 16.3 Å². The monoisotopic (exact) mass is 470 g/mol. The fraction of sp³-hybridized carbons (Fsp3) is 0. The molecule has 1 fully saturated rings. The number of halogens is 3. The molecule has 0 saturated carbocycles. The van der Waals surface area contributed by atoms with Gasteiger partial charge >= 0.3 is 0 Å². The van der Waals surface area contributed by atoms with Gasteiger partial charge in [0.05, 0.1) is 16.4 Å². The minimum Gasteiger partial charge on any atom is -0.268 e. The number of para-hydroxylation sites is 1. The summed E-state index contributed by atoms with van der Waals surface area (Å²) < 4.78 is 13.7. The lowest BCUT2D eigenvalue weighted by molar-refractivity contribution is -0.120. The summed E-state index contributed by atoms with van der Waals surface area (Å²) in [5.41, 5.74) is 0.929. The predicted octanol–water partition coefficient (Wildman–Crippen LogP) is 5.88. The van der Waals surface area contributed by atoms with E-state index in [1.54, 1.807) is 48.5 Å². The van der Waals surface area contributed by atoms with Crippen molar-refractivity contribution in [2.24, 2.45) is 0 Å². The molecular formula is C23H13Cl2FN2O2S. The number of anilines is 2. The standard InChI is InChI=1S/C23H13Cl2FN2O2S/c24-15-9-10-20(19(25)13-15)28-22(30)18(12-14-5-4-6-16(26)11-14)21(29)27(23(28)31)17-7-2-1-3-8-17/h1-13H/b18-12-. The van der Waals surface area contributed by atoms with Gasteiger partial charge in [0.25, 0.3) is 11.8 Å². The SMILES string of the molecule is O=C1/C(=C/c2cccc(F)c2)C(=O)N(c2ccc(Cl)cc2Cl)C(=S)N1c1ccccc1. The highest BCUT2D eigenvalue weighted by molar-refractivity contribution is 7.81. The molecule has 1 aliphatic heterocycles. The van der Waals surface area contributed by atoms with Crippen LogP contribution in [0, 0.1) is 5.82 Å². The molecule has 8 heteroatoms. The van der Waals surface area contributed by atoms with E-state index >= 15 is 0 Å². The molecule has 0 aliphatic carbocycles. The van der Waals surface area contributed by atoms with Crippen molar-refractivity contribution in [3.05, 3.63) is 99.8 Å². The molecule has 2 amide bonds. The van der Waals surface area contributed by atoms with Gasteiger partial charge in [-0.15, -0.1) is 0 Å². The van der Waals surface area contributed by atoms with E-state index in [-0.39, 0.29) is 21.4 Å². The first kappa shape index (κ1) is 21.2. The van der Waals surface area contributed by atoms with Crippen LogP contribution in [0.4, 0.5) is 15.8 Å². The average molecular weight is 471 g/mol. The number of amides is 2. The highest BCUT2D eigenvalue weighted by Crippen LogP contribution is 2.35. The van der Waals surface area contributed by atoms with Gasteiger partial charge < -0.3 is 0 Å². The highest BCUT2D eigenvalue weighted by atomic mass is 35.5. The second-order valence-corrected chi connectivity index (χ2v) is 7.82. The number of hydrogen-bond acceptors (Lipinski definition) is 3. The van der Waals surface area contributed by atoms with Crippen LogP contribution in [0.5, 0.6) is 0 Å². The van der Waals surface area contributed by atoms with Crippen LogP contribution in [0.15, 0.2) is 78.4 Å². The van der Waals surface area contributed by atoms with Gasteiger partial charge in [0.2, 0.25) is 0 Å². The third-order valence-electron chi connectivity index (χ3n) is 4.57. The Kier molecular flexibility index (Phi) is 5.87. The maximum Gasteiger partial charge on any atom is 0.270 e. The van der Waals surface area contributed by atoms with Crippen LogP contribution < -0.4 is 9.80 Å². The van der Waals surface area contributed by atoms with Crippen LogP contribution in [-0.2, 0) is 9.59 Å². The van der Waals surface area contributed by atoms with Gasteiger partial charge in [0.1, 0.15) is 11.4 Å². The van der Waals surface area contributed by atoms with E-state index in [0.717, 1.165) is 0 Å². The maximum absolute atomic E-state index is 13.7. The molecule has 3 aromatic carbocycles. The van der Waals surface area contributed by atoms with Gasteiger partial charge in [-0.3, -0.25) is 19.4 Å². The molecule has 0 atom stereocenters. The Hall–Kier alpha value is -3.06. The lowest BCUT2D eigenvalue weighted by Crippen LogP contribution is -2.57. The molecule has 0 radical (unpaired) electrons. The Morgan fingerprint density at radius 2 is 1.55 bits per heavy atom. The van der Waals surface area contributed by atoms with Gasteiger partial charge in [0, 0.05) is 5.02 Å². The van der Waals surface area contributed by atoms with Crippen molar-refractivity contribution in [1.29, 1.82) is 0 Å². The third kappa shape index (κ3) is 4.10. The van der Waals surface area contributed by atoms with Crippen molar-refractivity contribution in [3.8, 4) is 0 Å². The van der Waals surface area contributed by atoms with Crippen LogP contribution in [0.1, 0.15) is 5.56 Å². The van der Waals surface area contributed by atoms with Crippen molar-refractivity contribution in [2.45, 2.75) is 0 Å². The van der Waals surface area contributed by atoms with Crippen molar-refractivity contribution in [2.75, 3.05) is 9.80 Å². The number of nitrogens with zero attached hydrogens (tertiary/aromatic N) is 2. The summed E-state index contributed by atoms with van der Waals surface area (Å²) in [6, 6.07) is 18.9. The second-order valence-electron chi connectivity index (χ2n) is 6.61. The van der Waals surface area contributed by atoms with Crippen LogP contribution >= 0.6 is 35.4 Å². The quantitative estimate of drug-likeness (QED) is 0.272. The number of carbonyl (C=O) groups excluding carboxylic acids is 2. The van der Waals surface area contributed by atoms with E-state index in [1.165, 1.54) is 40.1 Å². The summed E-state index contributed by atoms with van der Waals surface area (Å²) in [6.45, 7) is 0. The topological polar surface area (TPSA) is 40.6 Å². The Morgan fingerprint density at radius 1 is 0.839 bits per heavy atom. The van der Waals surface area contributed by atoms with E-state index in [4.69, 9.17) is 35.4 Å². The number of rotatable bonds is 3. The Bertz CT molecular complexity index is 1250. The largest absolute Gasteiger partial charge is 0.270 e. The highest BCUT2D eigenvalue weighted by Gasteiger charge is 2.41. The molecule has 1 aliphatic rings. The molecule has 0 N–H and O–H groups in total. The average Bonchev–Trinajstić information content (AvgIpc) is 2.73. The van der Waals surface area contributed by atoms with Crippen LogP contribution in [0.3, 0.4) is 0 Å². The van der Waals surface area contributed by atoms with Crippen LogP contribution in [0.25, 0.3) is 6.08 Å². The summed E-state index contributed by atoms with van der Waals surface area (Å²) >= 11 is 17.9. The first-order chi connectivity index (χ1) is 14.9. The van der Waals surface area contributed by atoms with Gasteiger partial charge in [-0.05, 0) is 66.3 Å². The first-order valence-electron chi connectivity index (χ1n) is 9.07. The maximum atomic E-state index is 13.7. The second kappa shape index (κ2) is 8.59. The summed E-state index contributed by atoms with van der Waals surface area (Å²) in [5.74, 6) is -1.78. The Morgan fingerprint density at radius 3 is 2.23 bits per heavy atom. The molecule has 154 valence electrons. The smallest absolute Gasteiger partial charge is 0.268 e. The van der Waals surface area contributed by atoms with Crippen molar-refractivity contribution in [1.82, 2.24) is 0 Å². The summed E-state index contributed by atoms with van der Waals surface area (Å²) in [5, 5.41) is 0.521. The van der Waals surface area contributed by atoms with Crippen molar-refractivity contribution in [3.63, 3.8) is 0 Å². The lowest BCUT2D eigenvalue weighted by atomic mass is 10.0. The van der Waals surface area contributed by atoms with Crippen LogP contribution in [-0.4, -0.2) is 16.9 Å².